The largest absolute Gasteiger partial charge is 0.397 e. The molecule has 0 aliphatic carbocycles. The van der Waals surface area contributed by atoms with Crippen molar-refractivity contribution in [2.24, 2.45) is 0 Å². The molecule has 1 aromatic rings. The summed E-state index contributed by atoms with van der Waals surface area (Å²) in [5.41, 5.74) is 6.68. The fraction of sp³-hybridized carbons (Fsp3) is 0.364. The van der Waals surface area contributed by atoms with Gasteiger partial charge in [0.25, 0.3) is 5.91 Å². The van der Waals surface area contributed by atoms with Crippen LogP contribution in [0.15, 0.2) is 18.2 Å². The van der Waals surface area contributed by atoms with Crippen molar-refractivity contribution >= 4 is 28.9 Å². The van der Waals surface area contributed by atoms with Gasteiger partial charge in [0.15, 0.2) is 0 Å². The number of nitrogens with one attached hydrogen (secondary N) is 1. The summed E-state index contributed by atoms with van der Waals surface area (Å²) in [6.45, 7) is 4.01. The van der Waals surface area contributed by atoms with Gasteiger partial charge >= 0.3 is 0 Å². The predicted octanol–water partition coefficient (Wildman–Crippen LogP) is 2.29. The minimum atomic E-state index is -0.500. The molecule has 1 amide bonds. The Morgan fingerprint density at radius 1 is 1.62 bits per heavy atom. The number of halogens is 1. The second-order valence-corrected chi connectivity index (χ2v) is 3.75. The zero-order valence-electron chi connectivity index (χ0n) is 9.29. The van der Waals surface area contributed by atoms with Crippen LogP contribution in [0.4, 0.5) is 11.4 Å². The van der Waals surface area contributed by atoms with Gasteiger partial charge in [0.05, 0.1) is 11.4 Å². The lowest BCUT2D eigenvalue weighted by Gasteiger charge is -2.13. The van der Waals surface area contributed by atoms with Crippen LogP contribution in [0.3, 0.4) is 0 Å². The van der Waals surface area contributed by atoms with Crippen LogP contribution < -0.4 is 11.1 Å². The third-order valence-corrected chi connectivity index (χ3v) is 2.29. The Morgan fingerprint density at radius 2 is 2.31 bits per heavy atom. The maximum Gasteiger partial charge on any atom is 0.253 e. The fourth-order valence-electron chi connectivity index (χ4n) is 1.21. The molecule has 5 heteroatoms. The highest BCUT2D eigenvalue weighted by molar-refractivity contribution is 6.31. The number of hydrogen-bond acceptors (Lipinski definition) is 3. The second-order valence-electron chi connectivity index (χ2n) is 3.32. The number of benzene rings is 1. The maximum absolute atomic E-state index is 11.6. The van der Waals surface area contributed by atoms with Crippen molar-refractivity contribution in [3.8, 4) is 0 Å². The third-order valence-electron chi connectivity index (χ3n) is 2.06. The Morgan fingerprint density at radius 3 is 2.88 bits per heavy atom. The van der Waals surface area contributed by atoms with Crippen molar-refractivity contribution in [3.05, 3.63) is 23.2 Å². The number of hydrogen-bond donors (Lipinski definition) is 2. The molecule has 0 bridgehead atoms. The van der Waals surface area contributed by atoms with E-state index in [9.17, 15) is 4.79 Å². The molecule has 3 N–H and O–H groups in total. The molecule has 0 aliphatic rings. The van der Waals surface area contributed by atoms with Crippen LogP contribution in [0.2, 0.25) is 5.02 Å². The number of ether oxygens (including phenoxy) is 1. The quantitative estimate of drug-likeness (QED) is 0.797. The SMILES string of the molecule is CCOC(C)C(=O)Nc1ccc(Cl)cc1N. The van der Waals surface area contributed by atoms with E-state index in [0.717, 1.165) is 0 Å². The molecule has 0 aliphatic heterocycles. The van der Waals surface area contributed by atoms with Crippen LogP contribution in [0, 0.1) is 0 Å². The number of anilines is 2. The first-order chi connectivity index (χ1) is 7.54. The molecule has 1 atom stereocenters. The topological polar surface area (TPSA) is 64.3 Å². The highest BCUT2D eigenvalue weighted by Crippen LogP contribution is 2.22. The van der Waals surface area contributed by atoms with Crippen LogP contribution in [0.5, 0.6) is 0 Å². The number of nitrogen functional groups attached to an aromatic ring is 1. The maximum atomic E-state index is 11.6. The lowest BCUT2D eigenvalue weighted by atomic mass is 10.2. The van der Waals surface area contributed by atoms with E-state index in [-0.39, 0.29) is 5.91 Å². The van der Waals surface area contributed by atoms with Crippen LogP contribution in [-0.2, 0) is 9.53 Å². The van der Waals surface area contributed by atoms with Crippen molar-refractivity contribution in [3.63, 3.8) is 0 Å². The molecule has 0 heterocycles. The second kappa shape index (κ2) is 5.72. The Balaban J connectivity index is 2.69. The molecule has 0 radical (unpaired) electrons. The molecule has 0 saturated heterocycles. The average Bonchev–Trinajstić information content (AvgIpc) is 2.22. The molecule has 1 aromatic carbocycles. The number of carbonyl (C=O) groups excluding carboxylic acids is 1. The molecule has 0 fully saturated rings. The molecule has 4 nitrogen and oxygen atoms in total. The van der Waals surface area contributed by atoms with Gasteiger partial charge in [0.1, 0.15) is 6.10 Å². The summed E-state index contributed by atoms with van der Waals surface area (Å²) in [7, 11) is 0. The first-order valence-electron chi connectivity index (χ1n) is 5.02. The van der Waals surface area contributed by atoms with E-state index in [1.54, 1.807) is 25.1 Å². The van der Waals surface area contributed by atoms with E-state index in [2.05, 4.69) is 5.32 Å². The Kier molecular flexibility index (Phi) is 4.58. The molecule has 0 spiro atoms. The van der Waals surface area contributed by atoms with E-state index in [0.29, 0.717) is 23.0 Å². The van der Waals surface area contributed by atoms with E-state index in [1.807, 2.05) is 6.92 Å². The zero-order valence-corrected chi connectivity index (χ0v) is 10.0. The van der Waals surface area contributed by atoms with E-state index in [4.69, 9.17) is 22.1 Å². The van der Waals surface area contributed by atoms with Crippen LogP contribution in [0.25, 0.3) is 0 Å². The normalized spacial score (nSPS) is 12.2. The van der Waals surface area contributed by atoms with Crippen LogP contribution in [-0.4, -0.2) is 18.6 Å². The van der Waals surface area contributed by atoms with Gasteiger partial charge < -0.3 is 15.8 Å². The summed E-state index contributed by atoms with van der Waals surface area (Å²) in [6.07, 6.45) is -0.500. The molecule has 1 unspecified atom stereocenters. The lowest BCUT2D eigenvalue weighted by Crippen LogP contribution is -2.28. The van der Waals surface area contributed by atoms with Crippen molar-refractivity contribution in [2.75, 3.05) is 17.7 Å². The minimum absolute atomic E-state index is 0.226. The highest BCUT2D eigenvalue weighted by Gasteiger charge is 2.13. The minimum Gasteiger partial charge on any atom is -0.397 e. The average molecular weight is 243 g/mol. The molecule has 88 valence electrons. The van der Waals surface area contributed by atoms with E-state index in [1.165, 1.54) is 0 Å². The summed E-state index contributed by atoms with van der Waals surface area (Å²) in [4.78, 5) is 11.6. The monoisotopic (exact) mass is 242 g/mol. The number of nitrogens with two attached hydrogens (primary N) is 1. The van der Waals surface area contributed by atoms with E-state index >= 15 is 0 Å². The number of rotatable bonds is 4. The molecular weight excluding hydrogens is 228 g/mol. The standard InChI is InChI=1S/C11H15ClN2O2/c1-3-16-7(2)11(15)14-10-5-4-8(12)6-9(10)13/h4-7H,3,13H2,1-2H3,(H,14,15). The molecule has 0 aromatic heterocycles. The Bertz CT molecular complexity index is 382. The van der Waals surface area contributed by atoms with Gasteiger partial charge in [-0.1, -0.05) is 11.6 Å². The van der Waals surface area contributed by atoms with Crippen LogP contribution in [0.1, 0.15) is 13.8 Å². The van der Waals surface area contributed by atoms with Crippen molar-refractivity contribution in [1.82, 2.24) is 0 Å². The first-order valence-corrected chi connectivity index (χ1v) is 5.40. The molecule has 0 saturated carbocycles. The fourth-order valence-corrected chi connectivity index (χ4v) is 1.39. The predicted molar refractivity (Wildman–Crippen MR) is 65.6 cm³/mol. The smallest absolute Gasteiger partial charge is 0.253 e. The summed E-state index contributed by atoms with van der Waals surface area (Å²) < 4.78 is 5.16. The van der Waals surface area contributed by atoms with Gasteiger partial charge in [-0.3, -0.25) is 4.79 Å². The summed E-state index contributed by atoms with van der Waals surface area (Å²) in [6, 6.07) is 4.91. The Hall–Kier alpha value is -1.26. The van der Waals surface area contributed by atoms with Crippen molar-refractivity contribution in [1.29, 1.82) is 0 Å². The van der Waals surface area contributed by atoms with Gasteiger partial charge in [-0.15, -0.1) is 0 Å². The molecule has 1 rings (SSSR count). The van der Waals surface area contributed by atoms with E-state index < -0.39 is 6.10 Å². The van der Waals surface area contributed by atoms with Gasteiger partial charge in [-0.2, -0.15) is 0 Å². The Labute approximate surface area is 99.7 Å². The zero-order chi connectivity index (χ0) is 12.1. The number of carbonyl (C=O) groups is 1. The summed E-state index contributed by atoms with van der Waals surface area (Å²) in [5.74, 6) is -0.226. The van der Waals surface area contributed by atoms with Gasteiger partial charge in [-0.05, 0) is 32.0 Å². The number of amides is 1. The highest BCUT2D eigenvalue weighted by atomic mass is 35.5. The molecular formula is C11H15ClN2O2. The van der Waals surface area contributed by atoms with Gasteiger partial charge in [-0.25, -0.2) is 0 Å². The summed E-state index contributed by atoms with van der Waals surface area (Å²) >= 11 is 5.75. The van der Waals surface area contributed by atoms with Crippen molar-refractivity contribution in [2.45, 2.75) is 20.0 Å². The lowest BCUT2D eigenvalue weighted by molar-refractivity contribution is -0.126. The first kappa shape index (κ1) is 12.8. The van der Waals surface area contributed by atoms with Gasteiger partial charge in [0, 0.05) is 11.6 Å². The van der Waals surface area contributed by atoms with Crippen LogP contribution >= 0.6 is 11.6 Å². The van der Waals surface area contributed by atoms with Crippen molar-refractivity contribution < 1.29 is 9.53 Å². The summed E-state index contributed by atoms with van der Waals surface area (Å²) in [5, 5.41) is 3.21. The molecule has 16 heavy (non-hydrogen) atoms. The van der Waals surface area contributed by atoms with Gasteiger partial charge in [0.2, 0.25) is 0 Å². The third kappa shape index (κ3) is 3.40.